The summed E-state index contributed by atoms with van der Waals surface area (Å²) in [6.45, 7) is 8.07. The van der Waals surface area contributed by atoms with Crippen molar-refractivity contribution in [1.29, 1.82) is 0 Å². The number of hydrogen-bond acceptors (Lipinski definition) is 2. The summed E-state index contributed by atoms with van der Waals surface area (Å²) in [7, 11) is 0. The lowest BCUT2D eigenvalue weighted by Crippen LogP contribution is -2.48. The summed E-state index contributed by atoms with van der Waals surface area (Å²) >= 11 is 0. The molecule has 0 bridgehead atoms. The third-order valence-electron chi connectivity index (χ3n) is 2.65. The summed E-state index contributed by atoms with van der Waals surface area (Å²) in [5, 5.41) is 3.27. The second-order valence-corrected chi connectivity index (χ2v) is 3.67. The fourth-order valence-corrected chi connectivity index (χ4v) is 1.81. The highest BCUT2D eigenvalue weighted by Crippen LogP contribution is 2.09. The molecule has 0 radical (unpaired) electrons. The Morgan fingerprint density at radius 3 is 2.93 bits per heavy atom. The number of hydrogen-bond donors (Lipinski definition) is 1. The molecule has 0 aromatic carbocycles. The third-order valence-corrected chi connectivity index (χ3v) is 2.65. The average Bonchev–Trinajstić information content (AvgIpc) is 2.26. The van der Waals surface area contributed by atoms with E-state index in [0.717, 1.165) is 25.9 Å². The molecule has 1 aliphatic heterocycles. The molecule has 0 aromatic rings. The average molecular weight is 196 g/mol. The molecular weight excluding hydrogens is 176 g/mol. The van der Waals surface area contributed by atoms with Crippen molar-refractivity contribution in [3.63, 3.8) is 0 Å². The zero-order chi connectivity index (χ0) is 10.4. The zero-order valence-corrected chi connectivity index (χ0v) is 8.96. The normalized spacial score (nSPS) is 21.6. The van der Waals surface area contributed by atoms with Crippen LogP contribution in [0.4, 0.5) is 0 Å². The molecule has 0 aromatic heterocycles. The van der Waals surface area contributed by atoms with Gasteiger partial charge in [-0.05, 0) is 26.3 Å². The highest BCUT2D eigenvalue weighted by atomic mass is 16.2. The van der Waals surface area contributed by atoms with Gasteiger partial charge in [-0.1, -0.05) is 12.5 Å². The molecule has 3 nitrogen and oxygen atoms in total. The Hall–Kier alpha value is -0.830. The molecule has 1 rings (SSSR count). The van der Waals surface area contributed by atoms with Crippen molar-refractivity contribution in [3.8, 4) is 0 Å². The van der Waals surface area contributed by atoms with Crippen LogP contribution in [0.5, 0.6) is 0 Å². The molecule has 0 spiro atoms. The topological polar surface area (TPSA) is 32.3 Å². The van der Waals surface area contributed by atoms with Crippen LogP contribution < -0.4 is 5.32 Å². The molecule has 0 aliphatic carbocycles. The lowest BCUT2D eigenvalue weighted by molar-refractivity contribution is -0.133. The van der Waals surface area contributed by atoms with Crippen LogP contribution in [0, 0.1) is 0 Å². The minimum atomic E-state index is 0.0450. The number of nitrogens with one attached hydrogen (secondary N) is 1. The van der Waals surface area contributed by atoms with E-state index in [1.807, 2.05) is 11.8 Å². The molecule has 1 atom stereocenters. The van der Waals surface area contributed by atoms with Crippen LogP contribution >= 0.6 is 0 Å². The van der Waals surface area contributed by atoms with Gasteiger partial charge < -0.3 is 10.2 Å². The second kappa shape index (κ2) is 5.81. The number of amides is 1. The predicted octanol–water partition coefficient (Wildman–Crippen LogP) is 1.16. The first kappa shape index (κ1) is 11.2. The van der Waals surface area contributed by atoms with Crippen LogP contribution in [-0.4, -0.2) is 36.5 Å². The van der Waals surface area contributed by atoms with Gasteiger partial charge in [0.05, 0.1) is 6.04 Å². The van der Waals surface area contributed by atoms with E-state index in [0.29, 0.717) is 6.54 Å². The van der Waals surface area contributed by atoms with Crippen LogP contribution in [0.15, 0.2) is 12.7 Å². The smallest absolute Gasteiger partial charge is 0.239 e. The van der Waals surface area contributed by atoms with Gasteiger partial charge in [0.25, 0.3) is 0 Å². The molecule has 3 heteroatoms. The van der Waals surface area contributed by atoms with Gasteiger partial charge in [0.2, 0.25) is 5.91 Å². The minimum Gasteiger partial charge on any atom is -0.338 e. The van der Waals surface area contributed by atoms with Crippen molar-refractivity contribution in [3.05, 3.63) is 12.7 Å². The maximum absolute atomic E-state index is 11.9. The zero-order valence-electron chi connectivity index (χ0n) is 8.96. The van der Waals surface area contributed by atoms with E-state index in [4.69, 9.17) is 0 Å². The molecule has 14 heavy (non-hydrogen) atoms. The third kappa shape index (κ3) is 2.84. The van der Waals surface area contributed by atoms with Crippen LogP contribution in [0.2, 0.25) is 0 Å². The van der Waals surface area contributed by atoms with E-state index in [1.165, 1.54) is 6.42 Å². The standard InChI is InChI=1S/C11H20N2O/c1-3-9-13(4-2)11(14)10-7-5-6-8-12-10/h3,10,12H,1,4-9H2,2H3. The number of likely N-dealkylation sites (N-methyl/N-ethyl adjacent to an activating group) is 1. The van der Waals surface area contributed by atoms with E-state index < -0.39 is 0 Å². The molecule has 1 amide bonds. The van der Waals surface area contributed by atoms with Crippen molar-refractivity contribution in [2.45, 2.75) is 32.2 Å². The Balaban J connectivity index is 2.47. The van der Waals surface area contributed by atoms with Crippen LogP contribution in [0.25, 0.3) is 0 Å². The molecule has 1 fully saturated rings. The quantitative estimate of drug-likeness (QED) is 0.684. The number of rotatable bonds is 4. The van der Waals surface area contributed by atoms with Crippen molar-refractivity contribution in [1.82, 2.24) is 10.2 Å². The first-order chi connectivity index (χ1) is 6.79. The Labute approximate surface area is 86.2 Å². The molecule has 1 aliphatic rings. The fraction of sp³-hybridized carbons (Fsp3) is 0.727. The number of piperidine rings is 1. The minimum absolute atomic E-state index is 0.0450. The van der Waals surface area contributed by atoms with Crippen molar-refractivity contribution < 1.29 is 4.79 Å². The van der Waals surface area contributed by atoms with Gasteiger partial charge >= 0.3 is 0 Å². The molecule has 1 unspecified atom stereocenters. The summed E-state index contributed by atoms with van der Waals surface area (Å²) < 4.78 is 0. The summed E-state index contributed by atoms with van der Waals surface area (Å²) in [5.74, 6) is 0.229. The van der Waals surface area contributed by atoms with Gasteiger partial charge in [-0.3, -0.25) is 4.79 Å². The van der Waals surface area contributed by atoms with Crippen molar-refractivity contribution in [2.24, 2.45) is 0 Å². The van der Waals surface area contributed by atoms with Crippen molar-refractivity contribution in [2.75, 3.05) is 19.6 Å². The van der Waals surface area contributed by atoms with Gasteiger partial charge in [-0.25, -0.2) is 0 Å². The maximum atomic E-state index is 11.9. The monoisotopic (exact) mass is 196 g/mol. The lowest BCUT2D eigenvalue weighted by atomic mass is 10.0. The Bertz CT molecular complexity index is 197. The molecular formula is C11H20N2O. The first-order valence-corrected chi connectivity index (χ1v) is 5.42. The summed E-state index contributed by atoms with van der Waals surface area (Å²) in [5.41, 5.74) is 0. The SMILES string of the molecule is C=CCN(CC)C(=O)C1CCCCN1. The van der Waals surface area contributed by atoms with Gasteiger partial charge in [-0.2, -0.15) is 0 Å². The Kier molecular flexibility index (Phi) is 4.66. The van der Waals surface area contributed by atoms with E-state index in [9.17, 15) is 4.79 Å². The summed E-state index contributed by atoms with van der Waals surface area (Å²) in [4.78, 5) is 13.8. The van der Waals surface area contributed by atoms with Crippen LogP contribution in [0.1, 0.15) is 26.2 Å². The molecule has 0 saturated carbocycles. The fourth-order valence-electron chi connectivity index (χ4n) is 1.81. The van der Waals surface area contributed by atoms with E-state index in [-0.39, 0.29) is 11.9 Å². The van der Waals surface area contributed by atoms with Gasteiger partial charge in [0, 0.05) is 13.1 Å². The Morgan fingerprint density at radius 2 is 2.43 bits per heavy atom. The van der Waals surface area contributed by atoms with Crippen LogP contribution in [-0.2, 0) is 4.79 Å². The first-order valence-electron chi connectivity index (χ1n) is 5.42. The highest BCUT2D eigenvalue weighted by Gasteiger charge is 2.23. The number of carbonyl (C=O) groups excluding carboxylic acids is 1. The number of carbonyl (C=O) groups is 1. The summed E-state index contributed by atoms with van der Waals surface area (Å²) in [6.07, 6.45) is 5.11. The van der Waals surface area contributed by atoms with Gasteiger partial charge in [0.1, 0.15) is 0 Å². The maximum Gasteiger partial charge on any atom is 0.239 e. The lowest BCUT2D eigenvalue weighted by Gasteiger charge is -2.28. The molecule has 1 heterocycles. The van der Waals surface area contributed by atoms with E-state index in [2.05, 4.69) is 11.9 Å². The molecule has 1 N–H and O–H groups in total. The number of nitrogens with zero attached hydrogens (tertiary/aromatic N) is 1. The second-order valence-electron chi connectivity index (χ2n) is 3.67. The highest BCUT2D eigenvalue weighted by molar-refractivity contribution is 5.82. The Morgan fingerprint density at radius 1 is 1.64 bits per heavy atom. The van der Waals surface area contributed by atoms with E-state index in [1.54, 1.807) is 6.08 Å². The van der Waals surface area contributed by atoms with Gasteiger partial charge in [-0.15, -0.1) is 6.58 Å². The van der Waals surface area contributed by atoms with Gasteiger partial charge in [0.15, 0.2) is 0 Å². The molecule has 80 valence electrons. The van der Waals surface area contributed by atoms with E-state index >= 15 is 0 Å². The summed E-state index contributed by atoms with van der Waals surface area (Å²) in [6, 6.07) is 0.0450. The molecule has 1 saturated heterocycles. The largest absolute Gasteiger partial charge is 0.338 e. The van der Waals surface area contributed by atoms with Crippen molar-refractivity contribution >= 4 is 5.91 Å². The van der Waals surface area contributed by atoms with Crippen LogP contribution in [0.3, 0.4) is 0 Å². The predicted molar refractivity (Wildman–Crippen MR) is 58.1 cm³/mol.